The molecule has 4 aliphatic heterocycles. The highest BCUT2D eigenvalue weighted by Gasteiger charge is 2.48. The molecule has 1 unspecified atom stereocenters. The molecule has 5 aliphatic rings. The average Bonchev–Trinajstić information content (AvgIpc) is 3.79. The Hall–Kier alpha value is -3.84. The molecule has 2 aromatic heterocycles. The first-order valence-corrected chi connectivity index (χ1v) is 14.6. The van der Waals surface area contributed by atoms with Crippen molar-refractivity contribution >= 4 is 34.7 Å². The number of rotatable bonds is 4. The van der Waals surface area contributed by atoms with Gasteiger partial charge in [0.15, 0.2) is 29.8 Å². The van der Waals surface area contributed by atoms with Crippen LogP contribution in [0, 0.1) is 17.6 Å². The van der Waals surface area contributed by atoms with Gasteiger partial charge in [0, 0.05) is 44.9 Å². The van der Waals surface area contributed by atoms with E-state index in [1.165, 1.54) is 4.90 Å². The summed E-state index contributed by atoms with van der Waals surface area (Å²) in [6, 6.07) is 3.37. The van der Waals surface area contributed by atoms with E-state index in [-0.39, 0.29) is 47.0 Å². The number of fused-ring (bicyclic) bond motifs is 3. The quantitative estimate of drug-likeness (QED) is 0.431. The van der Waals surface area contributed by atoms with Crippen molar-refractivity contribution in [1.82, 2.24) is 25.2 Å². The topological polar surface area (TPSA) is 125 Å². The van der Waals surface area contributed by atoms with E-state index >= 15 is 8.78 Å². The SMILES string of the molecule is O=C1COc2ccc(N3CC4(CCN(CC5Cc6c(c(F)c7[nH]c([C@H]8CCNC8)nc7c6F)C5)CC4)OC3=O)nc2N1. The van der Waals surface area contributed by atoms with Crippen LogP contribution in [0.4, 0.5) is 25.2 Å². The number of anilines is 2. The van der Waals surface area contributed by atoms with Crippen molar-refractivity contribution in [3.05, 3.63) is 40.7 Å². The summed E-state index contributed by atoms with van der Waals surface area (Å²) in [6.07, 6.45) is 2.70. The molecule has 1 spiro atoms. The number of pyridine rings is 1. The van der Waals surface area contributed by atoms with Crippen LogP contribution in [0.1, 0.15) is 42.1 Å². The van der Waals surface area contributed by atoms with Gasteiger partial charge in [-0.15, -0.1) is 0 Å². The van der Waals surface area contributed by atoms with Gasteiger partial charge in [-0.3, -0.25) is 9.69 Å². The number of halogens is 2. The number of aromatic amines is 1. The third kappa shape index (κ3) is 4.20. The molecule has 3 N–H and O–H groups in total. The van der Waals surface area contributed by atoms with Gasteiger partial charge in [-0.05, 0) is 55.0 Å². The monoisotopic (exact) mass is 579 g/mol. The Balaban J connectivity index is 0.918. The third-order valence-corrected chi connectivity index (χ3v) is 9.47. The van der Waals surface area contributed by atoms with E-state index in [9.17, 15) is 9.59 Å². The first kappa shape index (κ1) is 25.8. The Kier molecular flexibility index (Phi) is 5.90. The van der Waals surface area contributed by atoms with Crippen LogP contribution in [-0.4, -0.2) is 83.3 Å². The molecule has 6 heterocycles. The maximum Gasteiger partial charge on any atom is 0.416 e. The summed E-state index contributed by atoms with van der Waals surface area (Å²) in [4.78, 5) is 40.3. The largest absolute Gasteiger partial charge is 0.480 e. The van der Waals surface area contributed by atoms with Gasteiger partial charge in [0.2, 0.25) is 0 Å². The van der Waals surface area contributed by atoms with Crippen molar-refractivity contribution in [2.24, 2.45) is 5.92 Å². The second kappa shape index (κ2) is 9.60. The fraction of sp³-hybridized carbons (Fsp3) is 0.517. The minimum atomic E-state index is -0.626. The van der Waals surface area contributed by atoms with E-state index in [0.717, 1.165) is 19.5 Å². The Morgan fingerprint density at radius 2 is 1.88 bits per heavy atom. The molecular weight excluding hydrogens is 548 g/mol. The number of carbonyl (C=O) groups excluding carboxylic acids is 2. The molecule has 13 heteroatoms. The van der Waals surface area contributed by atoms with Crippen LogP contribution >= 0.6 is 0 Å². The van der Waals surface area contributed by atoms with Crippen molar-refractivity contribution < 1.29 is 27.8 Å². The Morgan fingerprint density at radius 1 is 1.07 bits per heavy atom. The van der Waals surface area contributed by atoms with Crippen molar-refractivity contribution in [3.8, 4) is 5.75 Å². The van der Waals surface area contributed by atoms with E-state index in [2.05, 4.69) is 30.5 Å². The molecule has 220 valence electrons. The van der Waals surface area contributed by atoms with Crippen LogP contribution in [0.25, 0.3) is 11.0 Å². The number of aromatic nitrogens is 3. The number of hydrogen-bond donors (Lipinski definition) is 3. The molecule has 1 aliphatic carbocycles. The molecule has 3 saturated heterocycles. The molecule has 42 heavy (non-hydrogen) atoms. The van der Waals surface area contributed by atoms with E-state index in [1.807, 2.05) is 0 Å². The van der Waals surface area contributed by atoms with Gasteiger partial charge >= 0.3 is 6.09 Å². The van der Waals surface area contributed by atoms with E-state index in [0.29, 0.717) is 80.4 Å². The number of nitrogens with one attached hydrogen (secondary N) is 3. The molecular formula is C29H31F2N7O4. The second-order valence-electron chi connectivity index (χ2n) is 12.2. The molecule has 0 saturated carbocycles. The number of piperidine rings is 1. The van der Waals surface area contributed by atoms with Crippen molar-refractivity contribution in [1.29, 1.82) is 0 Å². The van der Waals surface area contributed by atoms with E-state index in [4.69, 9.17) is 9.47 Å². The molecule has 0 radical (unpaired) electrons. The normalized spacial score (nSPS) is 23.8. The summed E-state index contributed by atoms with van der Waals surface area (Å²) in [7, 11) is 0. The number of benzene rings is 1. The van der Waals surface area contributed by atoms with Crippen LogP contribution < -0.4 is 20.3 Å². The third-order valence-electron chi connectivity index (χ3n) is 9.47. The standard InChI is InChI=1S/C29H31F2N7O4/c30-22-17-9-15(10-18(17)23(31)25-24(22)35-26(36-25)16-3-6-32-11-16)12-37-7-4-29(5-8-37)14-38(28(40)42-29)20-2-1-19-27(33-20)34-21(39)13-41-19/h1-2,15-16,32H,3-14H2,(H,35,36)(H,33,34,39)/t16-/m0/s1. The highest BCUT2D eigenvalue weighted by Crippen LogP contribution is 2.40. The number of H-pyrrole nitrogens is 1. The predicted octanol–water partition coefficient (Wildman–Crippen LogP) is 2.85. The van der Waals surface area contributed by atoms with Gasteiger partial charge in [-0.2, -0.15) is 0 Å². The summed E-state index contributed by atoms with van der Waals surface area (Å²) in [5.41, 5.74) is 0.603. The van der Waals surface area contributed by atoms with Crippen molar-refractivity contribution in [2.75, 3.05) is 56.1 Å². The lowest BCUT2D eigenvalue weighted by Crippen LogP contribution is -2.48. The van der Waals surface area contributed by atoms with Crippen molar-refractivity contribution in [3.63, 3.8) is 0 Å². The second-order valence-corrected chi connectivity index (χ2v) is 12.2. The van der Waals surface area contributed by atoms with Crippen LogP contribution in [0.3, 0.4) is 0 Å². The maximum atomic E-state index is 15.6. The molecule has 0 bridgehead atoms. The zero-order valence-electron chi connectivity index (χ0n) is 23.0. The number of amides is 2. The zero-order chi connectivity index (χ0) is 28.6. The number of nitrogens with zero attached hydrogens (tertiary/aromatic N) is 4. The van der Waals surface area contributed by atoms with Gasteiger partial charge in [-0.25, -0.2) is 23.5 Å². The summed E-state index contributed by atoms with van der Waals surface area (Å²) in [6.45, 7) is 4.08. The molecule has 2 amide bonds. The van der Waals surface area contributed by atoms with Gasteiger partial charge in [-0.1, -0.05) is 0 Å². The Morgan fingerprint density at radius 3 is 2.67 bits per heavy atom. The Labute approximate surface area is 239 Å². The molecule has 3 aromatic rings. The first-order valence-electron chi connectivity index (χ1n) is 14.6. The fourth-order valence-electron chi connectivity index (χ4n) is 7.23. The summed E-state index contributed by atoms with van der Waals surface area (Å²) < 4.78 is 42.4. The Bertz CT molecular complexity index is 1560. The number of carbonyl (C=O) groups is 2. The molecule has 11 nitrogen and oxygen atoms in total. The molecule has 1 aromatic carbocycles. The van der Waals surface area contributed by atoms with Crippen molar-refractivity contribution in [2.45, 2.75) is 43.6 Å². The lowest BCUT2D eigenvalue weighted by atomic mass is 9.90. The average molecular weight is 580 g/mol. The zero-order valence-corrected chi connectivity index (χ0v) is 23.0. The number of imidazole rings is 1. The van der Waals surface area contributed by atoms with Crippen LogP contribution in [0.5, 0.6) is 5.75 Å². The lowest BCUT2D eigenvalue weighted by Gasteiger charge is -2.38. The lowest BCUT2D eigenvalue weighted by molar-refractivity contribution is -0.118. The highest BCUT2D eigenvalue weighted by molar-refractivity contribution is 5.95. The first-order chi connectivity index (χ1) is 20.4. The number of likely N-dealkylation sites (tertiary alicyclic amines) is 1. The summed E-state index contributed by atoms with van der Waals surface area (Å²) in [5, 5.41) is 5.94. The number of hydrogen-bond acceptors (Lipinski definition) is 8. The maximum absolute atomic E-state index is 15.6. The number of ether oxygens (including phenoxy) is 2. The minimum Gasteiger partial charge on any atom is -0.480 e. The molecule has 8 rings (SSSR count). The van der Waals surface area contributed by atoms with Gasteiger partial charge in [0.25, 0.3) is 5.91 Å². The molecule has 3 fully saturated rings. The molecule has 2 atom stereocenters. The van der Waals surface area contributed by atoms with Crippen LogP contribution in [0.2, 0.25) is 0 Å². The van der Waals surface area contributed by atoms with E-state index in [1.54, 1.807) is 12.1 Å². The fourth-order valence-corrected chi connectivity index (χ4v) is 7.23. The smallest absolute Gasteiger partial charge is 0.416 e. The van der Waals surface area contributed by atoms with Crippen LogP contribution in [0.15, 0.2) is 12.1 Å². The van der Waals surface area contributed by atoms with Gasteiger partial charge in [0.1, 0.15) is 28.3 Å². The van der Waals surface area contributed by atoms with Gasteiger partial charge in [0.05, 0.1) is 6.54 Å². The van der Waals surface area contributed by atoms with Gasteiger partial charge < -0.3 is 30.0 Å². The highest BCUT2D eigenvalue weighted by atomic mass is 19.1. The minimum absolute atomic E-state index is 0.0661. The van der Waals surface area contributed by atoms with Crippen LogP contribution in [-0.2, 0) is 22.4 Å². The summed E-state index contributed by atoms with van der Waals surface area (Å²) in [5.74, 6) is 0.998. The predicted molar refractivity (Wildman–Crippen MR) is 148 cm³/mol. The summed E-state index contributed by atoms with van der Waals surface area (Å²) >= 11 is 0. The van der Waals surface area contributed by atoms with E-state index < -0.39 is 17.5 Å².